The van der Waals surface area contributed by atoms with Gasteiger partial charge in [0.25, 0.3) is 0 Å². The lowest BCUT2D eigenvalue weighted by Gasteiger charge is -2.21. The molecule has 18 heavy (non-hydrogen) atoms. The number of carbonyl (C=O) groups excluding carboxylic acids is 1. The number of benzene rings is 1. The summed E-state index contributed by atoms with van der Waals surface area (Å²) in [6.07, 6.45) is 0.637. The van der Waals surface area contributed by atoms with Crippen LogP contribution in [0.2, 0.25) is 0 Å². The molecule has 0 bridgehead atoms. The number of hydrogen-bond acceptors (Lipinski definition) is 3. The molecular formula is C13H17NO4. The third kappa shape index (κ3) is 3.00. The van der Waals surface area contributed by atoms with Gasteiger partial charge < -0.3 is 15.5 Å². The number of aromatic carboxylic acids is 1. The van der Waals surface area contributed by atoms with Gasteiger partial charge in [0, 0.05) is 5.41 Å². The van der Waals surface area contributed by atoms with Crippen molar-refractivity contribution in [1.29, 1.82) is 0 Å². The minimum absolute atomic E-state index is 0.0115. The quantitative estimate of drug-likeness (QED) is 0.717. The van der Waals surface area contributed by atoms with E-state index in [1.165, 1.54) is 18.2 Å². The highest BCUT2D eigenvalue weighted by molar-refractivity contribution is 5.97. The lowest BCUT2D eigenvalue weighted by atomic mass is 9.89. The first-order valence-electron chi connectivity index (χ1n) is 5.65. The normalized spacial score (nSPS) is 11.1. The fourth-order valence-corrected chi connectivity index (χ4v) is 1.22. The van der Waals surface area contributed by atoms with Crippen LogP contribution in [-0.2, 0) is 4.79 Å². The first-order chi connectivity index (χ1) is 8.27. The highest BCUT2D eigenvalue weighted by atomic mass is 16.4. The maximum Gasteiger partial charge on any atom is 0.335 e. The van der Waals surface area contributed by atoms with Crippen LogP contribution >= 0.6 is 0 Å². The van der Waals surface area contributed by atoms with E-state index in [-0.39, 0.29) is 22.9 Å². The molecular weight excluding hydrogens is 234 g/mol. The topological polar surface area (TPSA) is 86.6 Å². The molecule has 0 aliphatic carbocycles. The van der Waals surface area contributed by atoms with E-state index in [2.05, 4.69) is 5.32 Å². The molecule has 0 aliphatic rings. The molecule has 0 saturated carbocycles. The highest BCUT2D eigenvalue weighted by Gasteiger charge is 2.26. The van der Waals surface area contributed by atoms with Crippen LogP contribution in [0.25, 0.3) is 0 Å². The second kappa shape index (κ2) is 5.08. The Morgan fingerprint density at radius 1 is 1.33 bits per heavy atom. The SMILES string of the molecule is CCC(C)(C)C(=O)Nc1cc(C(=O)O)ccc1O. The van der Waals surface area contributed by atoms with Gasteiger partial charge in [-0.05, 0) is 24.6 Å². The van der Waals surface area contributed by atoms with E-state index >= 15 is 0 Å². The van der Waals surface area contributed by atoms with Gasteiger partial charge in [-0.3, -0.25) is 4.79 Å². The molecule has 0 aromatic heterocycles. The molecule has 0 aliphatic heterocycles. The number of phenolic OH excluding ortho intramolecular Hbond substituents is 1. The standard InChI is InChI=1S/C13H17NO4/c1-4-13(2,3)12(18)14-9-7-8(11(16)17)5-6-10(9)15/h5-7,15H,4H2,1-3H3,(H,14,18)(H,16,17). The Balaban J connectivity index is 3.01. The van der Waals surface area contributed by atoms with Crippen molar-refractivity contribution in [1.82, 2.24) is 0 Å². The Labute approximate surface area is 105 Å². The van der Waals surface area contributed by atoms with E-state index in [0.717, 1.165) is 0 Å². The molecule has 1 aromatic carbocycles. The molecule has 0 unspecified atom stereocenters. The number of aromatic hydroxyl groups is 1. The van der Waals surface area contributed by atoms with Gasteiger partial charge in [0.05, 0.1) is 11.3 Å². The summed E-state index contributed by atoms with van der Waals surface area (Å²) in [5.74, 6) is -1.52. The van der Waals surface area contributed by atoms with Gasteiger partial charge in [0.15, 0.2) is 0 Å². The summed E-state index contributed by atoms with van der Waals surface area (Å²) in [7, 11) is 0. The number of hydrogen-bond donors (Lipinski definition) is 3. The summed E-state index contributed by atoms with van der Waals surface area (Å²) in [4.78, 5) is 22.7. The van der Waals surface area contributed by atoms with E-state index in [1.54, 1.807) is 13.8 Å². The molecule has 5 heteroatoms. The summed E-state index contributed by atoms with van der Waals surface area (Å²) in [5.41, 5.74) is -0.454. The van der Waals surface area contributed by atoms with Crippen LogP contribution in [0.4, 0.5) is 5.69 Å². The maximum atomic E-state index is 11.9. The maximum absolute atomic E-state index is 11.9. The van der Waals surface area contributed by atoms with Gasteiger partial charge >= 0.3 is 5.97 Å². The number of anilines is 1. The van der Waals surface area contributed by atoms with Crippen LogP contribution in [0.5, 0.6) is 5.75 Å². The molecule has 1 aromatic rings. The molecule has 1 rings (SSSR count). The van der Waals surface area contributed by atoms with Crippen molar-refractivity contribution in [3.8, 4) is 5.75 Å². The molecule has 0 saturated heterocycles. The summed E-state index contributed by atoms with van der Waals surface area (Å²) in [6, 6.07) is 3.76. The summed E-state index contributed by atoms with van der Waals surface area (Å²) < 4.78 is 0. The zero-order valence-corrected chi connectivity index (χ0v) is 10.7. The second-order valence-electron chi connectivity index (χ2n) is 4.73. The number of phenols is 1. The number of carboxylic acid groups (broad SMARTS) is 1. The van der Waals surface area contributed by atoms with E-state index in [0.29, 0.717) is 6.42 Å². The monoisotopic (exact) mass is 251 g/mol. The van der Waals surface area contributed by atoms with Gasteiger partial charge in [0.2, 0.25) is 5.91 Å². The number of carboxylic acids is 1. The Kier molecular flexibility index (Phi) is 3.96. The largest absolute Gasteiger partial charge is 0.506 e. The van der Waals surface area contributed by atoms with Crippen molar-refractivity contribution < 1.29 is 19.8 Å². The van der Waals surface area contributed by atoms with Crippen molar-refractivity contribution in [2.75, 3.05) is 5.32 Å². The fourth-order valence-electron chi connectivity index (χ4n) is 1.22. The number of nitrogens with one attached hydrogen (secondary N) is 1. The van der Waals surface area contributed by atoms with E-state index < -0.39 is 11.4 Å². The fraction of sp³-hybridized carbons (Fsp3) is 0.385. The van der Waals surface area contributed by atoms with Crippen LogP contribution in [0.3, 0.4) is 0 Å². The van der Waals surface area contributed by atoms with Crippen molar-refractivity contribution in [3.63, 3.8) is 0 Å². The number of rotatable bonds is 4. The lowest BCUT2D eigenvalue weighted by molar-refractivity contribution is -0.124. The van der Waals surface area contributed by atoms with E-state index in [4.69, 9.17) is 5.11 Å². The minimum atomic E-state index is -1.11. The van der Waals surface area contributed by atoms with Gasteiger partial charge in [-0.25, -0.2) is 4.79 Å². The number of amides is 1. The van der Waals surface area contributed by atoms with E-state index in [1.807, 2.05) is 6.92 Å². The Bertz CT molecular complexity index is 480. The summed E-state index contributed by atoms with van der Waals surface area (Å²) >= 11 is 0. The third-order valence-corrected chi connectivity index (χ3v) is 2.99. The summed E-state index contributed by atoms with van der Waals surface area (Å²) in [6.45, 7) is 5.44. The molecule has 0 atom stereocenters. The molecule has 0 radical (unpaired) electrons. The lowest BCUT2D eigenvalue weighted by Crippen LogP contribution is -2.30. The molecule has 5 nitrogen and oxygen atoms in total. The molecule has 0 fully saturated rings. The van der Waals surface area contributed by atoms with Crippen LogP contribution in [0.1, 0.15) is 37.6 Å². The average molecular weight is 251 g/mol. The van der Waals surface area contributed by atoms with Gasteiger partial charge in [0.1, 0.15) is 5.75 Å². The minimum Gasteiger partial charge on any atom is -0.506 e. The van der Waals surface area contributed by atoms with E-state index in [9.17, 15) is 14.7 Å². The summed E-state index contributed by atoms with van der Waals surface area (Å²) in [5, 5.41) is 21.0. The molecule has 0 spiro atoms. The molecule has 3 N–H and O–H groups in total. The van der Waals surface area contributed by atoms with Crippen molar-refractivity contribution in [2.45, 2.75) is 27.2 Å². The Morgan fingerprint density at radius 3 is 2.44 bits per heavy atom. The predicted octanol–water partition coefficient (Wildman–Crippen LogP) is 2.47. The predicted molar refractivity (Wildman–Crippen MR) is 67.8 cm³/mol. The first kappa shape index (κ1) is 14.0. The Morgan fingerprint density at radius 2 is 1.94 bits per heavy atom. The second-order valence-corrected chi connectivity index (χ2v) is 4.73. The smallest absolute Gasteiger partial charge is 0.335 e. The Hall–Kier alpha value is -2.04. The van der Waals surface area contributed by atoms with Gasteiger partial charge in [-0.2, -0.15) is 0 Å². The molecule has 98 valence electrons. The van der Waals surface area contributed by atoms with Crippen molar-refractivity contribution >= 4 is 17.6 Å². The molecule has 1 amide bonds. The van der Waals surface area contributed by atoms with Gasteiger partial charge in [-0.1, -0.05) is 20.8 Å². The first-order valence-corrected chi connectivity index (χ1v) is 5.65. The van der Waals surface area contributed by atoms with Gasteiger partial charge in [-0.15, -0.1) is 0 Å². The van der Waals surface area contributed by atoms with Crippen LogP contribution in [0, 0.1) is 5.41 Å². The number of carbonyl (C=O) groups is 2. The van der Waals surface area contributed by atoms with Crippen LogP contribution in [-0.4, -0.2) is 22.1 Å². The van der Waals surface area contributed by atoms with Crippen LogP contribution < -0.4 is 5.32 Å². The van der Waals surface area contributed by atoms with Crippen molar-refractivity contribution in [3.05, 3.63) is 23.8 Å². The highest BCUT2D eigenvalue weighted by Crippen LogP contribution is 2.28. The molecule has 0 heterocycles. The average Bonchev–Trinajstić information content (AvgIpc) is 2.31. The van der Waals surface area contributed by atoms with Crippen molar-refractivity contribution in [2.24, 2.45) is 5.41 Å². The third-order valence-electron chi connectivity index (χ3n) is 2.99. The zero-order valence-electron chi connectivity index (χ0n) is 10.7. The zero-order chi connectivity index (χ0) is 13.9. The van der Waals surface area contributed by atoms with Crippen LogP contribution in [0.15, 0.2) is 18.2 Å².